The quantitative estimate of drug-likeness (QED) is 0.881. The number of nitrogens with zero attached hydrogens (tertiary/aromatic N) is 1. The summed E-state index contributed by atoms with van der Waals surface area (Å²) in [6.07, 6.45) is 7.18. The minimum absolute atomic E-state index is 0.689. The van der Waals surface area contributed by atoms with Gasteiger partial charge in [-0.3, -0.25) is 4.90 Å². The lowest BCUT2D eigenvalue weighted by Gasteiger charge is -2.33. The second-order valence-electron chi connectivity index (χ2n) is 6.50. The van der Waals surface area contributed by atoms with Gasteiger partial charge < -0.3 is 5.32 Å². The highest BCUT2D eigenvalue weighted by Crippen LogP contribution is 2.29. The van der Waals surface area contributed by atoms with Gasteiger partial charge >= 0.3 is 0 Å². The number of rotatable bonds is 5. The molecule has 1 aliphatic heterocycles. The summed E-state index contributed by atoms with van der Waals surface area (Å²) in [5, 5.41) is 3.76. The Hall–Kier alpha value is -0.860. The van der Waals surface area contributed by atoms with Crippen LogP contribution in [0.2, 0.25) is 0 Å². The molecule has 0 saturated heterocycles. The molecule has 2 heteroatoms. The van der Waals surface area contributed by atoms with Gasteiger partial charge in [-0.25, -0.2) is 0 Å². The molecule has 1 aromatic carbocycles. The maximum Gasteiger partial charge on any atom is 0.0241 e. The van der Waals surface area contributed by atoms with E-state index < -0.39 is 0 Å². The summed E-state index contributed by atoms with van der Waals surface area (Å²) in [6.45, 7) is 6.85. The van der Waals surface area contributed by atoms with Crippen molar-refractivity contribution in [3.8, 4) is 0 Å². The molecule has 0 radical (unpaired) electrons. The zero-order chi connectivity index (χ0) is 13.8. The SMILES string of the molecule is CCNC(CN1Cc2ccccc2C1)C1CCCCC1. The minimum atomic E-state index is 0.689. The summed E-state index contributed by atoms with van der Waals surface area (Å²) in [6, 6.07) is 9.61. The van der Waals surface area contributed by atoms with Crippen molar-refractivity contribution in [1.29, 1.82) is 0 Å². The van der Waals surface area contributed by atoms with Crippen LogP contribution in [0.5, 0.6) is 0 Å². The van der Waals surface area contributed by atoms with Crippen LogP contribution in [-0.2, 0) is 13.1 Å². The van der Waals surface area contributed by atoms with Gasteiger partial charge in [0.2, 0.25) is 0 Å². The molecule has 20 heavy (non-hydrogen) atoms. The molecule has 1 unspecified atom stereocenters. The van der Waals surface area contributed by atoms with E-state index in [9.17, 15) is 0 Å². The van der Waals surface area contributed by atoms with Gasteiger partial charge in [-0.2, -0.15) is 0 Å². The van der Waals surface area contributed by atoms with Crippen molar-refractivity contribution in [3.05, 3.63) is 35.4 Å². The Kier molecular flexibility index (Phi) is 4.74. The van der Waals surface area contributed by atoms with Gasteiger partial charge in [-0.1, -0.05) is 50.5 Å². The second-order valence-corrected chi connectivity index (χ2v) is 6.50. The highest BCUT2D eigenvalue weighted by molar-refractivity contribution is 5.30. The first-order valence-corrected chi connectivity index (χ1v) is 8.39. The Balaban J connectivity index is 1.60. The first-order valence-electron chi connectivity index (χ1n) is 8.39. The fourth-order valence-corrected chi connectivity index (χ4v) is 3.99. The predicted octanol–water partition coefficient (Wildman–Crippen LogP) is 3.56. The van der Waals surface area contributed by atoms with Crippen molar-refractivity contribution in [1.82, 2.24) is 10.2 Å². The third kappa shape index (κ3) is 3.24. The van der Waals surface area contributed by atoms with Crippen molar-refractivity contribution in [3.63, 3.8) is 0 Å². The van der Waals surface area contributed by atoms with E-state index in [1.165, 1.54) is 49.8 Å². The monoisotopic (exact) mass is 272 g/mol. The van der Waals surface area contributed by atoms with Crippen LogP contribution in [0.25, 0.3) is 0 Å². The Morgan fingerprint density at radius 2 is 1.75 bits per heavy atom. The molecule has 0 amide bonds. The molecule has 1 fully saturated rings. The Morgan fingerprint density at radius 3 is 2.35 bits per heavy atom. The van der Waals surface area contributed by atoms with Gasteiger partial charge in [0.25, 0.3) is 0 Å². The zero-order valence-electron chi connectivity index (χ0n) is 12.8. The third-order valence-corrected chi connectivity index (χ3v) is 5.05. The van der Waals surface area contributed by atoms with Crippen molar-refractivity contribution >= 4 is 0 Å². The fourth-order valence-electron chi connectivity index (χ4n) is 3.99. The van der Waals surface area contributed by atoms with Gasteiger partial charge in [-0.05, 0) is 36.4 Å². The maximum absolute atomic E-state index is 3.76. The average molecular weight is 272 g/mol. The molecule has 1 aliphatic carbocycles. The second kappa shape index (κ2) is 6.73. The number of nitrogens with one attached hydrogen (secondary N) is 1. The van der Waals surface area contributed by atoms with Crippen LogP contribution < -0.4 is 5.32 Å². The first-order chi connectivity index (χ1) is 9.86. The lowest BCUT2D eigenvalue weighted by molar-refractivity contribution is 0.185. The molecular formula is C18H28N2. The molecule has 0 aromatic heterocycles. The molecule has 110 valence electrons. The molecule has 2 aliphatic rings. The van der Waals surface area contributed by atoms with Crippen LogP contribution in [0.3, 0.4) is 0 Å². The van der Waals surface area contributed by atoms with E-state index in [-0.39, 0.29) is 0 Å². The van der Waals surface area contributed by atoms with E-state index in [0.717, 1.165) is 25.6 Å². The normalized spacial score (nSPS) is 21.9. The summed E-state index contributed by atoms with van der Waals surface area (Å²) in [5.41, 5.74) is 3.07. The molecule has 1 saturated carbocycles. The zero-order valence-corrected chi connectivity index (χ0v) is 12.8. The van der Waals surface area contributed by atoms with Gasteiger partial charge in [0.15, 0.2) is 0 Å². The molecule has 0 bridgehead atoms. The number of hydrogen-bond donors (Lipinski definition) is 1. The standard InChI is InChI=1S/C18H28N2/c1-2-19-18(15-8-4-3-5-9-15)14-20-12-16-10-6-7-11-17(16)13-20/h6-7,10-11,15,18-19H,2-5,8-9,12-14H2,1H3. The molecule has 1 aromatic rings. The van der Waals surface area contributed by atoms with Crippen LogP contribution in [-0.4, -0.2) is 24.0 Å². The molecule has 1 heterocycles. The fraction of sp³-hybridized carbons (Fsp3) is 0.667. The van der Waals surface area contributed by atoms with E-state index in [1.54, 1.807) is 0 Å². The van der Waals surface area contributed by atoms with Crippen molar-refractivity contribution < 1.29 is 0 Å². The van der Waals surface area contributed by atoms with E-state index in [2.05, 4.69) is 41.4 Å². The van der Waals surface area contributed by atoms with Crippen LogP contribution in [0.1, 0.15) is 50.2 Å². The lowest BCUT2D eigenvalue weighted by atomic mass is 9.83. The van der Waals surface area contributed by atoms with E-state index in [1.807, 2.05) is 0 Å². The average Bonchev–Trinajstić information content (AvgIpc) is 2.90. The van der Waals surface area contributed by atoms with Crippen LogP contribution in [0.4, 0.5) is 0 Å². The van der Waals surface area contributed by atoms with Crippen LogP contribution in [0, 0.1) is 5.92 Å². The Bertz CT molecular complexity index is 398. The Labute approximate surface area is 123 Å². The summed E-state index contributed by atoms with van der Waals surface area (Å²) in [4.78, 5) is 2.63. The number of likely N-dealkylation sites (N-methyl/N-ethyl adjacent to an activating group) is 1. The molecule has 3 rings (SSSR count). The number of hydrogen-bond acceptors (Lipinski definition) is 2. The van der Waals surface area contributed by atoms with Crippen molar-refractivity contribution in [2.75, 3.05) is 13.1 Å². The number of fused-ring (bicyclic) bond motifs is 1. The third-order valence-electron chi connectivity index (χ3n) is 5.05. The summed E-state index contributed by atoms with van der Waals surface area (Å²) in [5.74, 6) is 0.896. The number of benzene rings is 1. The lowest BCUT2D eigenvalue weighted by Crippen LogP contribution is -2.44. The van der Waals surface area contributed by atoms with E-state index >= 15 is 0 Å². The van der Waals surface area contributed by atoms with Gasteiger partial charge in [-0.15, -0.1) is 0 Å². The van der Waals surface area contributed by atoms with Crippen LogP contribution in [0.15, 0.2) is 24.3 Å². The summed E-state index contributed by atoms with van der Waals surface area (Å²) in [7, 11) is 0. The predicted molar refractivity (Wildman–Crippen MR) is 84.6 cm³/mol. The largest absolute Gasteiger partial charge is 0.313 e. The van der Waals surface area contributed by atoms with E-state index in [0.29, 0.717) is 6.04 Å². The van der Waals surface area contributed by atoms with E-state index in [4.69, 9.17) is 0 Å². The maximum atomic E-state index is 3.76. The highest BCUT2D eigenvalue weighted by Gasteiger charge is 2.27. The highest BCUT2D eigenvalue weighted by atomic mass is 15.2. The Morgan fingerprint density at radius 1 is 1.10 bits per heavy atom. The minimum Gasteiger partial charge on any atom is -0.313 e. The summed E-state index contributed by atoms with van der Waals surface area (Å²) >= 11 is 0. The van der Waals surface area contributed by atoms with Crippen molar-refractivity contribution in [2.45, 2.75) is 58.2 Å². The summed E-state index contributed by atoms with van der Waals surface area (Å²) < 4.78 is 0. The molecular weight excluding hydrogens is 244 g/mol. The molecule has 2 nitrogen and oxygen atoms in total. The van der Waals surface area contributed by atoms with Crippen LogP contribution >= 0.6 is 0 Å². The van der Waals surface area contributed by atoms with Gasteiger partial charge in [0.1, 0.15) is 0 Å². The topological polar surface area (TPSA) is 15.3 Å². The van der Waals surface area contributed by atoms with Gasteiger partial charge in [0.05, 0.1) is 0 Å². The van der Waals surface area contributed by atoms with Gasteiger partial charge in [0, 0.05) is 25.7 Å². The van der Waals surface area contributed by atoms with Crippen molar-refractivity contribution in [2.24, 2.45) is 5.92 Å². The smallest absolute Gasteiger partial charge is 0.0241 e. The molecule has 0 spiro atoms. The molecule has 1 N–H and O–H groups in total. The first kappa shape index (κ1) is 14.1. The molecule has 1 atom stereocenters.